The van der Waals surface area contributed by atoms with Gasteiger partial charge in [0.15, 0.2) is 5.76 Å². The Balaban J connectivity index is 1.39. The summed E-state index contributed by atoms with van der Waals surface area (Å²) in [5, 5.41) is 6.55. The summed E-state index contributed by atoms with van der Waals surface area (Å²) in [5.74, 6) is 0.149. The highest BCUT2D eigenvalue weighted by atomic mass is 16.3. The molecular formula is C25H27N3O3. The van der Waals surface area contributed by atoms with Gasteiger partial charge < -0.3 is 20.0 Å². The summed E-state index contributed by atoms with van der Waals surface area (Å²) in [6, 6.07) is 17.0. The van der Waals surface area contributed by atoms with Crippen molar-refractivity contribution in [3.63, 3.8) is 0 Å². The number of benzene rings is 2. The first-order valence-electron chi connectivity index (χ1n) is 10.6. The third-order valence-corrected chi connectivity index (χ3v) is 5.90. The number of piperidine rings is 1. The molecule has 2 aromatic carbocycles. The van der Waals surface area contributed by atoms with E-state index in [0.29, 0.717) is 37.3 Å². The van der Waals surface area contributed by atoms with Gasteiger partial charge in [-0.15, -0.1) is 0 Å². The number of furan rings is 1. The van der Waals surface area contributed by atoms with Crippen LogP contribution in [0.5, 0.6) is 0 Å². The molecule has 1 aliphatic rings. The van der Waals surface area contributed by atoms with Crippen molar-refractivity contribution < 1.29 is 14.0 Å². The van der Waals surface area contributed by atoms with E-state index in [1.54, 1.807) is 17.0 Å². The van der Waals surface area contributed by atoms with Crippen molar-refractivity contribution in [1.29, 1.82) is 0 Å². The van der Waals surface area contributed by atoms with Crippen molar-refractivity contribution >= 4 is 23.2 Å². The summed E-state index contributed by atoms with van der Waals surface area (Å²) in [6.07, 6.45) is 2.93. The van der Waals surface area contributed by atoms with E-state index in [4.69, 9.17) is 4.42 Å². The molecule has 160 valence electrons. The fourth-order valence-corrected chi connectivity index (χ4v) is 3.87. The Morgan fingerprint density at radius 2 is 1.68 bits per heavy atom. The number of rotatable bonds is 5. The normalized spacial score (nSPS) is 14.3. The summed E-state index contributed by atoms with van der Waals surface area (Å²) < 4.78 is 5.21. The van der Waals surface area contributed by atoms with E-state index in [-0.39, 0.29) is 17.9 Å². The molecule has 0 saturated carbocycles. The van der Waals surface area contributed by atoms with Crippen molar-refractivity contribution in [1.82, 2.24) is 10.2 Å². The van der Waals surface area contributed by atoms with E-state index in [1.165, 1.54) is 11.8 Å². The number of carbonyl (C=O) groups is 2. The summed E-state index contributed by atoms with van der Waals surface area (Å²) in [5.41, 5.74) is 4.73. The summed E-state index contributed by atoms with van der Waals surface area (Å²) in [4.78, 5) is 27.2. The monoisotopic (exact) mass is 417 g/mol. The third-order valence-electron chi connectivity index (χ3n) is 5.90. The Morgan fingerprint density at radius 3 is 2.42 bits per heavy atom. The van der Waals surface area contributed by atoms with Gasteiger partial charge in [0.05, 0.1) is 17.5 Å². The average molecular weight is 418 g/mol. The lowest BCUT2D eigenvalue weighted by atomic mass is 10.0. The SMILES string of the molecule is Cc1cccc(Nc2ccccc2C(=O)NC2CCN(C(=O)c3ccco3)CC2)c1C. The van der Waals surface area contributed by atoms with Crippen molar-refractivity contribution in [2.24, 2.45) is 0 Å². The minimum atomic E-state index is -0.107. The first-order chi connectivity index (χ1) is 15.0. The molecule has 0 radical (unpaired) electrons. The molecular weight excluding hydrogens is 390 g/mol. The summed E-state index contributed by atoms with van der Waals surface area (Å²) in [7, 11) is 0. The second-order valence-corrected chi connectivity index (χ2v) is 7.94. The van der Waals surface area contributed by atoms with Gasteiger partial charge in [0.2, 0.25) is 0 Å². The molecule has 1 saturated heterocycles. The molecule has 0 atom stereocenters. The third kappa shape index (κ3) is 4.63. The minimum Gasteiger partial charge on any atom is -0.459 e. The Kier molecular flexibility index (Phi) is 6.07. The van der Waals surface area contributed by atoms with E-state index in [9.17, 15) is 9.59 Å². The molecule has 2 amide bonds. The van der Waals surface area contributed by atoms with E-state index in [1.807, 2.05) is 36.4 Å². The number of amides is 2. The smallest absolute Gasteiger partial charge is 0.289 e. The van der Waals surface area contributed by atoms with Crippen molar-refractivity contribution in [3.05, 3.63) is 83.3 Å². The van der Waals surface area contributed by atoms with Gasteiger partial charge in [-0.25, -0.2) is 0 Å². The number of aryl methyl sites for hydroxylation is 1. The molecule has 6 nitrogen and oxygen atoms in total. The molecule has 3 aromatic rings. The second kappa shape index (κ2) is 9.08. The van der Waals surface area contributed by atoms with Crippen molar-refractivity contribution in [2.75, 3.05) is 18.4 Å². The van der Waals surface area contributed by atoms with Crippen LogP contribution < -0.4 is 10.6 Å². The molecule has 0 bridgehead atoms. The molecule has 4 rings (SSSR count). The maximum atomic E-state index is 13.0. The van der Waals surface area contributed by atoms with E-state index < -0.39 is 0 Å². The predicted molar refractivity (Wildman–Crippen MR) is 121 cm³/mol. The maximum absolute atomic E-state index is 13.0. The van der Waals surface area contributed by atoms with Gasteiger partial charge in [0.25, 0.3) is 11.8 Å². The number of para-hydroxylation sites is 1. The number of likely N-dealkylation sites (tertiary alicyclic amines) is 1. The van der Waals surface area contributed by atoms with Crippen LogP contribution in [-0.4, -0.2) is 35.8 Å². The number of hydrogen-bond donors (Lipinski definition) is 2. The number of nitrogens with one attached hydrogen (secondary N) is 2. The first kappa shape index (κ1) is 20.7. The van der Waals surface area contributed by atoms with Gasteiger partial charge in [-0.3, -0.25) is 9.59 Å². The largest absolute Gasteiger partial charge is 0.459 e. The van der Waals surface area contributed by atoms with Crippen LogP contribution in [0.1, 0.15) is 44.9 Å². The van der Waals surface area contributed by atoms with Gasteiger partial charge in [-0.05, 0) is 68.1 Å². The van der Waals surface area contributed by atoms with Crippen LogP contribution in [-0.2, 0) is 0 Å². The van der Waals surface area contributed by atoms with Gasteiger partial charge >= 0.3 is 0 Å². The zero-order chi connectivity index (χ0) is 21.8. The minimum absolute atomic E-state index is 0.0295. The van der Waals surface area contributed by atoms with Crippen LogP contribution >= 0.6 is 0 Å². The van der Waals surface area contributed by atoms with Crippen LogP contribution in [0.3, 0.4) is 0 Å². The lowest BCUT2D eigenvalue weighted by Crippen LogP contribution is -2.46. The molecule has 1 aromatic heterocycles. The Hall–Kier alpha value is -3.54. The highest BCUT2D eigenvalue weighted by molar-refractivity contribution is 6.00. The predicted octanol–water partition coefficient (Wildman–Crippen LogP) is 4.67. The van der Waals surface area contributed by atoms with Gasteiger partial charge in [-0.1, -0.05) is 24.3 Å². The lowest BCUT2D eigenvalue weighted by Gasteiger charge is -2.32. The molecule has 1 aliphatic heterocycles. The lowest BCUT2D eigenvalue weighted by molar-refractivity contribution is 0.0667. The van der Waals surface area contributed by atoms with Crippen molar-refractivity contribution in [3.8, 4) is 0 Å². The molecule has 6 heteroatoms. The van der Waals surface area contributed by atoms with E-state index in [2.05, 4.69) is 30.5 Å². The zero-order valence-corrected chi connectivity index (χ0v) is 17.9. The molecule has 2 N–H and O–H groups in total. The van der Waals surface area contributed by atoms with Crippen LogP contribution in [0.2, 0.25) is 0 Å². The maximum Gasteiger partial charge on any atom is 0.289 e. The number of nitrogens with zero attached hydrogens (tertiary/aromatic N) is 1. The number of anilines is 2. The molecule has 0 unspecified atom stereocenters. The van der Waals surface area contributed by atoms with Crippen LogP contribution in [0.4, 0.5) is 11.4 Å². The Morgan fingerprint density at radius 1 is 0.935 bits per heavy atom. The average Bonchev–Trinajstić information content (AvgIpc) is 3.32. The Bertz CT molecular complexity index is 1070. The fourth-order valence-electron chi connectivity index (χ4n) is 3.87. The topological polar surface area (TPSA) is 74.6 Å². The Labute approximate surface area is 182 Å². The van der Waals surface area contributed by atoms with Gasteiger partial charge in [0.1, 0.15) is 0 Å². The van der Waals surface area contributed by atoms with Gasteiger partial charge in [-0.2, -0.15) is 0 Å². The standard InChI is InChI=1S/C25H27N3O3/c1-17-7-5-10-21(18(17)2)27-22-9-4-3-8-20(22)24(29)26-19-12-14-28(15-13-19)25(30)23-11-6-16-31-23/h3-11,16,19,27H,12-15H2,1-2H3,(H,26,29). The molecule has 2 heterocycles. The highest BCUT2D eigenvalue weighted by Crippen LogP contribution is 2.25. The van der Waals surface area contributed by atoms with Crippen LogP contribution in [0, 0.1) is 13.8 Å². The highest BCUT2D eigenvalue weighted by Gasteiger charge is 2.26. The molecule has 0 spiro atoms. The summed E-state index contributed by atoms with van der Waals surface area (Å²) >= 11 is 0. The van der Waals surface area contributed by atoms with Crippen molar-refractivity contribution in [2.45, 2.75) is 32.7 Å². The van der Waals surface area contributed by atoms with E-state index in [0.717, 1.165) is 16.9 Å². The van der Waals surface area contributed by atoms with Gasteiger partial charge in [0, 0.05) is 24.8 Å². The summed E-state index contributed by atoms with van der Waals surface area (Å²) in [6.45, 7) is 5.32. The molecule has 1 fully saturated rings. The molecule has 31 heavy (non-hydrogen) atoms. The first-order valence-corrected chi connectivity index (χ1v) is 10.6. The zero-order valence-electron chi connectivity index (χ0n) is 17.9. The quantitative estimate of drug-likeness (QED) is 0.632. The fraction of sp³-hybridized carbons (Fsp3) is 0.280. The number of hydrogen-bond acceptors (Lipinski definition) is 4. The van der Waals surface area contributed by atoms with Crippen LogP contribution in [0.25, 0.3) is 0 Å². The second-order valence-electron chi connectivity index (χ2n) is 7.94. The van der Waals surface area contributed by atoms with E-state index >= 15 is 0 Å². The van der Waals surface area contributed by atoms with Crippen LogP contribution in [0.15, 0.2) is 65.3 Å². The number of carbonyl (C=O) groups excluding carboxylic acids is 2. The molecule has 0 aliphatic carbocycles.